The van der Waals surface area contributed by atoms with E-state index in [9.17, 15) is 0 Å². The standard InChI is InChI=1S/C8H16N2/c1-7(2)8(3,4)5-10-6-9/h7,10H,5H2,1-4H3. The average Bonchev–Trinajstić information content (AvgIpc) is 1.84. The molecule has 0 fully saturated rings. The third-order valence-electron chi connectivity index (χ3n) is 2.19. The zero-order valence-electron chi connectivity index (χ0n) is 7.23. The number of nitriles is 1. The number of hydrogen-bond donors (Lipinski definition) is 1. The van der Waals surface area contributed by atoms with E-state index in [-0.39, 0.29) is 5.41 Å². The van der Waals surface area contributed by atoms with Gasteiger partial charge in [-0.25, -0.2) is 0 Å². The Kier molecular flexibility index (Phi) is 3.21. The lowest BCUT2D eigenvalue weighted by atomic mass is 9.81. The fraction of sp³-hybridized carbons (Fsp3) is 0.875. The molecule has 0 radical (unpaired) electrons. The largest absolute Gasteiger partial charge is 0.323 e. The highest BCUT2D eigenvalue weighted by atomic mass is 14.9. The molecule has 0 saturated heterocycles. The van der Waals surface area contributed by atoms with Crippen LogP contribution in [0.15, 0.2) is 0 Å². The maximum Gasteiger partial charge on any atom is 0.176 e. The van der Waals surface area contributed by atoms with Crippen LogP contribution in [0.1, 0.15) is 27.7 Å². The van der Waals surface area contributed by atoms with Gasteiger partial charge in [0.05, 0.1) is 0 Å². The Balaban J connectivity index is 3.77. The molecule has 10 heavy (non-hydrogen) atoms. The van der Waals surface area contributed by atoms with E-state index in [2.05, 4.69) is 33.0 Å². The van der Waals surface area contributed by atoms with Gasteiger partial charge in [-0.3, -0.25) is 0 Å². The van der Waals surface area contributed by atoms with Gasteiger partial charge in [0.1, 0.15) is 0 Å². The summed E-state index contributed by atoms with van der Waals surface area (Å²) in [7, 11) is 0. The predicted molar refractivity (Wildman–Crippen MR) is 42.2 cm³/mol. The Morgan fingerprint density at radius 1 is 1.50 bits per heavy atom. The lowest BCUT2D eigenvalue weighted by molar-refractivity contribution is 0.249. The summed E-state index contributed by atoms with van der Waals surface area (Å²) in [6.07, 6.45) is 1.93. The minimum absolute atomic E-state index is 0.218. The molecule has 0 aliphatic rings. The summed E-state index contributed by atoms with van der Waals surface area (Å²) in [5.41, 5.74) is 0.218. The molecule has 0 saturated carbocycles. The molecular formula is C8H16N2. The summed E-state index contributed by atoms with van der Waals surface area (Å²) in [5.74, 6) is 0.605. The smallest absolute Gasteiger partial charge is 0.176 e. The van der Waals surface area contributed by atoms with Crippen LogP contribution in [0.5, 0.6) is 0 Å². The third kappa shape index (κ3) is 2.72. The van der Waals surface area contributed by atoms with Crippen LogP contribution in [0.3, 0.4) is 0 Å². The number of nitrogens with one attached hydrogen (secondary N) is 1. The Labute approximate surface area is 63.2 Å². The fourth-order valence-corrected chi connectivity index (χ4v) is 0.471. The Morgan fingerprint density at radius 2 is 2.00 bits per heavy atom. The van der Waals surface area contributed by atoms with Crippen molar-refractivity contribution in [3.8, 4) is 6.19 Å². The van der Waals surface area contributed by atoms with Crippen LogP contribution >= 0.6 is 0 Å². The quantitative estimate of drug-likeness (QED) is 0.478. The van der Waals surface area contributed by atoms with Crippen LogP contribution in [-0.4, -0.2) is 6.54 Å². The van der Waals surface area contributed by atoms with Crippen molar-refractivity contribution in [2.45, 2.75) is 27.7 Å². The second-order valence-electron chi connectivity index (χ2n) is 3.61. The Morgan fingerprint density at radius 3 is 2.30 bits per heavy atom. The summed E-state index contributed by atoms with van der Waals surface area (Å²) in [5, 5.41) is 10.9. The summed E-state index contributed by atoms with van der Waals surface area (Å²) in [6, 6.07) is 0. The molecule has 0 aromatic heterocycles. The zero-order valence-corrected chi connectivity index (χ0v) is 7.23. The van der Waals surface area contributed by atoms with E-state index in [1.54, 1.807) is 0 Å². The molecule has 0 aromatic carbocycles. The van der Waals surface area contributed by atoms with Gasteiger partial charge in [-0.2, -0.15) is 5.26 Å². The minimum Gasteiger partial charge on any atom is -0.323 e. The number of hydrogen-bond acceptors (Lipinski definition) is 2. The first kappa shape index (κ1) is 9.29. The van der Waals surface area contributed by atoms with Crippen LogP contribution in [-0.2, 0) is 0 Å². The van der Waals surface area contributed by atoms with E-state index in [1.807, 2.05) is 6.19 Å². The second kappa shape index (κ2) is 3.46. The Hall–Kier alpha value is -0.710. The number of rotatable bonds is 3. The van der Waals surface area contributed by atoms with Crippen molar-refractivity contribution in [2.75, 3.05) is 6.54 Å². The van der Waals surface area contributed by atoms with E-state index in [1.165, 1.54) is 0 Å². The molecule has 0 aliphatic heterocycles. The van der Waals surface area contributed by atoms with Gasteiger partial charge in [0, 0.05) is 6.54 Å². The van der Waals surface area contributed by atoms with Crippen LogP contribution in [0.25, 0.3) is 0 Å². The lowest BCUT2D eigenvalue weighted by Gasteiger charge is -2.27. The van der Waals surface area contributed by atoms with Crippen LogP contribution < -0.4 is 5.32 Å². The molecule has 0 aromatic rings. The summed E-state index contributed by atoms with van der Waals surface area (Å²) in [4.78, 5) is 0. The van der Waals surface area contributed by atoms with E-state index < -0.39 is 0 Å². The molecule has 0 atom stereocenters. The van der Waals surface area contributed by atoms with Crippen molar-refractivity contribution in [3.05, 3.63) is 0 Å². The van der Waals surface area contributed by atoms with E-state index in [0.29, 0.717) is 5.92 Å². The Bertz CT molecular complexity index is 131. The molecule has 0 unspecified atom stereocenters. The molecular weight excluding hydrogens is 124 g/mol. The predicted octanol–water partition coefficient (Wildman–Crippen LogP) is 1.74. The van der Waals surface area contributed by atoms with E-state index >= 15 is 0 Å². The third-order valence-corrected chi connectivity index (χ3v) is 2.19. The van der Waals surface area contributed by atoms with Gasteiger partial charge in [-0.15, -0.1) is 0 Å². The highest BCUT2D eigenvalue weighted by molar-refractivity contribution is 4.78. The molecule has 1 N–H and O–H groups in total. The molecule has 0 heterocycles. The van der Waals surface area contributed by atoms with Crippen molar-refractivity contribution < 1.29 is 0 Å². The first-order valence-corrected chi connectivity index (χ1v) is 3.62. The average molecular weight is 140 g/mol. The molecule has 0 amide bonds. The first-order valence-electron chi connectivity index (χ1n) is 3.62. The highest BCUT2D eigenvalue weighted by Gasteiger charge is 2.21. The summed E-state index contributed by atoms with van der Waals surface area (Å²) >= 11 is 0. The zero-order chi connectivity index (χ0) is 8.20. The summed E-state index contributed by atoms with van der Waals surface area (Å²) in [6.45, 7) is 9.41. The van der Waals surface area contributed by atoms with Crippen LogP contribution in [0.4, 0.5) is 0 Å². The SMILES string of the molecule is CC(C)C(C)(C)CNC#N. The van der Waals surface area contributed by atoms with Gasteiger partial charge >= 0.3 is 0 Å². The van der Waals surface area contributed by atoms with Gasteiger partial charge in [-0.1, -0.05) is 27.7 Å². The van der Waals surface area contributed by atoms with Gasteiger partial charge in [0.2, 0.25) is 0 Å². The van der Waals surface area contributed by atoms with Crippen LogP contribution in [0.2, 0.25) is 0 Å². The van der Waals surface area contributed by atoms with Crippen molar-refractivity contribution >= 4 is 0 Å². The maximum absolute atomic E-state index is 8.25. The van der Waals surface area contributed by atoms with Crippen molar-refractivity contribution in [2.24, 2.45) is 11.3 Å². The van der Waals surface area contributed by atoms with Crippen molar-refractivity contribution in [3.63, 3.8) is 0 Å². The molecule has 0 rings (SSSR count). The van der Waals surface area contributed by atoms with Gasteiger partial charge in [-0.05, 0) is 11.3 Å². The monoisotopic (exact) mass is 140 g/mol. The molecule has 2 nitrogen and oxygen atoms in total. The maximum atomic E-state index is 8.25. The van der Waals surface area contributed by atoms with E-state index in [0.717, 1.165) is 6.54 Å². The van der Waals surface area contributed by atoms with Gasteiger partial charge in [0.15, 0.2) is 6.19 Å². The lowest BCUT2D eigenvalue weighted by Crippen LogP contribution is -2.30. The highest BCUT2D eigenvalue weighted by Crippen LogP contribution is 2.24. The second-order valence-corrected chi connectivity index (χ2v) is 3.61. The van der Waals surface area contributed by atoms with E-state index in [4.69, 9.17) is 5.26 Å². The molecule has 58 valence electrons. The van der Waals surface area contributed by atoms with Crippen molar-refractivity contribution in [1.82, 2.24) is 5.32 Å². The number of nitrogens with zero attached hydrogens (tertiary/aromatic N) is 1. The molecule has 0 spiro atoms. The summed E-state index contributed by atoms with van der Waals surface area (Å²) < 4.78 is 0. The molecule has 0 aliphatic carbocycles. The van der Waals surface area contributed by atoms with Crippen molar-refractivity contribution in [1.29, 1.82) is 5.26 Å². The molecule has 0 bridgehead atoms. The van der Waals surface area contributed by atoms with Crippen LogP contribution in [0, 0.1) is 22.8 Å². The minimum atomic E-state index is 0.218. The fourth-order valence-electron chi connectivity index (χ4n) is 0.471. The molecule has 2 heteroatoms. The topological polar surface area (TPSA) is 35.8 Å². The normalized spacial score (nSPS) is 11.2. The first-order chi connectivity index (χ1) is 4.50. The van der Waals surface area contributed by atoms with Gasteiger partial charge in [0.25, 0.3) is 0 Å². The van der Waals surface area contributed by atoms with Gasteiger partial charge < -0.3 is 5.32 Å².